The molecule has 1 aromatic rings. The average Bonchev–Trinajstić information content (AvgIpc) is 2.48. The summed E-state index contributed by atoms with van der Waals surface area (Å²) >= 11 is 3.06. The first kappa shape index (κ1) is 15.8. The summed E-state index contributed by atoms with van der Waals surface area (Å²) in [4.78, 5) is 0. The number of ether oxygens (including phenoxy) is 2. The molecule has 1 aliphatic rings. The van der Waals surface area contributed by atoms with Crippen LogP contribution in [-0.4, -0.2) is 32.0 Å². The zero-order valence-electron chi connectivity index (χ0n) is 11.3. The lowest BCUT2D eigenvalue weighted by atomic mass is 9.83. The topological polar surface area (TPSA) is 44.5 Å². The van der Waals surface area contributed by atoms with Crippen molar-refractivity contribution < 1.29 is 18.3 Å². The van der Waals surface area contributed by atoms with Gasteiger partial charge in [0.2, 0.25) is 0 Å². The number of hydrogen-bond donors (Lipinski definition) is 1. The number of rotatable bonds is 4. The van der Waals surface area contributed by atoms with Crippen molar-refractivity contribution in [2.75, 3.05) is 20.3 Å². The van der Waals surface area contributed by atoms with Crippen molar-refractivity contribution in [3.8, 4) is 0 Å². The molecule has 1 aliphatic heterocycles. The van der Waals surface area contributed by atoms with Crippen molar-refractivity contribution in [3.05, 3.63) is 33.8 Å². The summed E-state index contributed by atoms with van der Waals surface area (Å²) in [5.41, 5.74) is 5.60. The van der Waals surface area contributed by atoms with Crippen LogP contribution in [0, 0.1) is 11.6 Å². The number of benzene rings is 1. The zero-order valence-corrected chi connectivity index (χ0v) is 12.9. The molecule has 0 spiro atoms. The van der Waals surface area contributed by atoms with Crippen LogP contribution < -0.4 is 5.73 Å². The summed E-state index contributed by atoms with van der Waals surface area (Å²) < 4.78 is 38.9. The lowest BCUT2D eigenvalue weighted by Gasteiger charge is -2.40. The van der Waals surface area contributed by atoms with Gasteiger partial charge in [-0.25, -0.2) is 8.78 Å². The molecule has 0 saturated carbocycles. The maximum absolute atomic E-state index is 14.0. The van der Waals surface area contributed by atoms with Gasteiger partial charge < -0.3 is 15.2 Å². The van der Waals surface area contributed by atoms with E-state index in [-0.39, 0.29) is 16.5 Å². The molecule has 20 heavy (non-hydrogen) atoms. The minimum Gasteiger partial charge on any atom is -0.381 e. The molecule has 0 radical (unpaired) electrons. The molecule has 1 unspecified atom stereocenters. The normalized spacial score (nSPS) is 19.9. The Bertz CT molecular complexity index is 478. The Morgan fingerprint density at radius 1 is 1.40 bits per heavy atom. The second-order valence-corrected chi connectivity index (χ2v) is 5.87. The number of hydrogen-bond acceptors (Lipinski definition) is 3. The van der Waals surface area contributed by atoms with Gasteiger partial charge in [0.25, 0.3) is 0 Å². The van der Waals surface area contributed by atoms with Gasteiger partial charge in [-0.15, -0.1) is 0 Å². The maximum Gasteiger partial charge on any atom is 0.143 e. The Balaban J connectivity index is 2.22. The van der Waals surface area contributed by atoms with Crippen molar-refractivity contribution >= 4 is 15.9 Å². The fourth-order valence-corrected chi connectivity index (χ4v) is 2.98. The lowest BCUT2D eigenvalue weighted by Crippen LogP contribution is -2.54. The molecule has 1 saturated heterocycles. The largest absolute Gasteiger partial charge is 0.381 e. The van der Waals surface area contributed by atoms with E-state index in [0.29, 0.717) is 26.1 Å². The van der Waals surface area contributed by atoms with Gasteiger partial charge in [-0.1, -0.05) is 0 Å². The second kappa shape index (κ2) is 6.47. The van der Waals surface area contributed by atoms with Crippen LogP contribution in [0.3, 0.4) is 0 Å². The molecule has 0 aliphatic carbocycles. The molecule has 3 nitrogen and oxygen atoms in total. The Kier molecular flexibility index (Phi) is 5.12. The van der Waals surface area contributed by atoms with Crippen molar-refractivity contribution in [1.29, 1.82) is 0 Å². The van der Waals surface area contributed by atoms with Crippen LogP contribution in [0.25, 0.3) is 0 Å². The van der Waals surface area contributed by atoms with E-state index in [0.717, 1.165) is 0 Å². The summed E-state index contributed by atoms with van der Waals surface area (Å²) in [6.07, 6.45) is 1.34. The maximum atomic E-state index is 14.0. The van der Waals surface area contributed by atoms with Crippen molar-refractivity contribution in [2.24, 2.45) is 5.73 Å². The molecular formula is C14H18BrF2NO2. The molecule has 1 fully saturated rings. The van der Waals surface area contributed by atoms with Gasteiger partial charge in [-0.05, 0) is 34.5 Å². The molecule has 2 N–H and O–H groups in total. The summed E-state index contributed by atoms with van der Waals surface area (Å²) in [6.45, 7) is 1.09. The molecule has 2 rings (SSSR count). The SMILES string of the molecule is COC1(C(N)Cc2c(F)ccc(Br)c2F)CCOCC1. The molecule has 0 amide bonds. The van der Waals surface area contributed by atoms with Crippen LogP contribution in [0.1, 0.15) is 18.4 Å². The standard InChI is InChI=1S/C14H18BrF2NO2/c1-19-14(4-6-20-7-5-14)12(18)8-9-11(16)3-2-10(15)13(9)17/h2-3,12H,4-8,18H2,1H3. The van der Waals surface area contributed by atoms with Crippen LogP contribution in [0.4, 0.5) is 8.78 Å². The smallest absolute Gasteiger partial charge is 0.143 e. The molecule has 112 valence electrons. The van der Waals surface area contributed by atoms with Crippen LogP contribution in [0.2, 0.25) is 0 Å². The van der Waals surface area contributed by atoms with Crippen LogP contribution in [0.5, 0.6) is 0 Å². The third-order valence-corrected chi connectivity index (χ3v) is 4.60. The highest BCUT2D eigenvalue weighted by Crippen LogP contribution is 2.31. The minimum absolute atomic E-state index is 0.00482. The van der Waals surface area contributed by atoms with Crippen LogP contribution in [0.15, 0.2) is 16.6 Å². The van der Waals surface area contributed by atoms with E-state index < -0.39 is 23.3 Å². The molecule has 1 aromatic carbocycles. The van der Waals surface area contributed by atoms with Gasteiger partial charge in [0.1, 0.15) is 11.6 Å². The highest BCUT2D eigenvalue weighted by Gasteiger charge is 2.39. The van der Waals surface area contributed by atoms with Gasteiger partial charge in [0.15, 0.2) is 0 Å². The summed E-state index contributed by atoms with van der Waals surface area (Å²) in [6, 6.07) is 2.09. The molecule has 0 bridgehead atoms. The van der Waals surface area contributed by atoms with Gasteiger partial charge >= 0.3 is 0 Å². The van der Waals surface area contributed by atoms with Gasteiger partial charge in [-0.3, -0.25) is 0 Å². The number of halogens is 3. The fourth-order valence-electron chi connectivity index (χ4n) is 2.61. The third-order valence-electron chi connectivity index (χ3n) is 3.98. The van der Waals surface area contributed by atoms with E-state index in [2.05, 4.69) is 15.9 Å². The summed E-state index contributed by atoms with van der Waals surface area (Å²) in [5.74, 6) is -1.18. The van der Waals surface area contributed by atoms with E-state index in [1.807, 2.05) is 0 Å². The highest BCUT2D eigenvalue weighted by molar-refractivity contribution is 9.10. The van der Waals surface area contributed by atoms with Crippen LogP contribution in [-0.2, 0) is 15.9 Å². The number of nitrogens with two attached hydrogens (primary N) is 1. The van der Waals surface area contributed by atoms with E-state index >= 15 is 0 Å². The minimum atomic E-state index is -0.598. The quantitative estimate of drug-likeness (QED) is 0.850. The second-order valence-electron chi connectivity index (χ2n) is 5.01. The average molecular weight is 350 g/mol. The molecular weight excluding hydrogens is 332 g/mol. The Labute approximate surface area is 125 Å². The van der Waals surface area contributed by atoms with E-state index in [4.69, 9.17) is 15.2 Å². The highest BCUT2D eigenvalue weighted by atomic mass is 79.9. The van der Waals surface area contributed by atoms with Gasteiger partial charge in [0, 0.05) is 44.8 Å². The molecule has 0 aromatic heterocycles. The van der Waals surface area contributed by atoms with Gasteiger partial charge in [0.05, 0.1) is 10.1 Å². The summed E-state index contributed by atoms with van der Waals surface area (Å²) in [7, 11) is 1.58. The molecule has 6 heteroatoms. The summed E-state index contributed by atoms with van der Waals surface area (Å²) in [5, 5.41) is 0. The lowest BCUT2D eigenvalue weighted by molar-refractivity contribution is -0.103. The molecule has 1 heterocycles. The number of methoxy groups -OCH3 is 1. The monoisotopic (exact) mass is 349 g/mol. The first-order valence-electron chi connectivity index (χ1n) is 6.51. The predicted molar refractivity (Wildman–Crippen MR) is 75.5 cm³/mol. The van der Waals surface area contributed by atoms with E-state index in [1.165, 1.54) is 12.1 Å². The van der Waals surface area contributed by atoms with Gasteiger partial charge in [-0.2, -0.15) is 0 Å². The first-order valence-corrected chi connectivity index (χ1v) is 7.30. The van der Waals surface area contributed by atoms with E-state index in [1.54, 1.807) is 7.11 Å². The van der Waals surface area contributed by atoms with Crippen molar-refractivity contribution in [3.63, 3.8) is 0 Å². The third kappa shape index (κ3) is 3.03. The van der Waals surface area contributed by atoms with E-state index in [9.17, 15) is 8.78 Å². The predicted octanol–water partition coefficient (Wildman–Crippen LogP) is 2.79. The fraction of sp³-hybridized carbons (Fsp3) is 0.571. The molecule has 1 atom stereocenters. The van der Waals surface area contributed by atoms with Crippen LogP contribution >= 0.6 is 15.9 Å². The van der Waals surface area contributed by atoms with Crippen molar-refractivity contribution in [1.82, 2.24) is 0 Å². The van der Waals surface area contributed by atoms with Crippen molar-refractivity contribution in [2.45, 2.75) is 30.9 Å². The Hall–Kier alpha value is -0.560. The Morgan fingerprint density at radius 2 is 2.05 bits per heavy atom. The zero-order chi connectivity index (χ0) is 14.8. The Morgan fingerprint density at radius 3 is 2.65 bits per heavy atom. The first-order chi connectivity index (χ1) is 9.50.